The predicted molar refractivity (Wildman–Crippen MR) is 323 cm³/mol. The number of anilines is 2. The summed E-state index contributed by atoms with van der Waals surface area (Å²) in [5.41, 5.74) is -2.34. The molecule has 1 saturated heterocycles. The molecular formula is C58H73ClN8O14S3. The zero-order chi connectivity index (χ0) is 60.8. The number of halogens is 1. The fraction of sp³-hybridized carbons (Fsp3) is 0.448. The lowest BCUT2D eigenvalue weighted by molar-refractivity contribution is -0.384. The van der Waals surface area contributed by atoms with Gasteiger partial charge in [-0.15, -0.1) is 9.85 Å². The van der Waals surface area contributed by atoms with E-state index in [-0.39, 0.29) is 99.8 Å². The number of nitrogens with zero attached hydrogens (tertiary/aromatic N) is 5. The Balaban J connectivity index is 1.01. The quantitative estimate of drug-likeness (QED) is 0.0141. The monoisotopic (exact) mass is 1240 g/mol. The van der Waals surface area contributed by atoms with Gasteiger partial charge >= 0.3 is 0 Å². The highest BCUT2D eigenvalue weighted by atomic mass is 35.5. The highest BCUT2D eigenvalue weighted by Gasteiger charge is 2.33. The third kappa shape index (κ3) is 16.9. The Morgan fingerprint density at radius 3 is 2.04 bits per heavy atom. The molecule has 0 spiro atoms. The van der Waals surface area contributed by atoms with E-state index in [1.54, 1.807) is 20.8 Å². The fourth-order valence-corrected chi connectivity index (χ4v) is 13.3. The van der Waals surface area contributed by atoms with Gasteiger partial charge in [0.1, 0.15) is 27.9 Å². The molecule has 0 atom stereocenters. The number of nitrogens with one attached hydrogen (secondary N) is 3. The summed E-state index contributed by atoms with van der Waals surface area (Å²) in [6, 6.07) is 18.4. The minimum Gasteiger partial charge on any atom is -0.506 e. The van der Waals surface area contributed by atoms with E-state index in [0.717, 1.165) is 59.2 Å². The van der Waals surface area contributed by atoms with Crippen molar-refractivity contribution in [1.29, 1.82) is 0 Å². The number of hydrogen-bond acceptors (Lipinski definition) is 16. The average Bonchev–Trinajstić information content (AvgIpc) is 1.43. The SMILES string of the molecule is CCCCCCCCCCCCCCCCNC(=O)c1ccc(-n2oc(C(C)(C)C)c(COc3ccc(NS(=O)(=O)c4cc(N=Nc5cc(S(=O)(=O)N6CCOCC6)c(O)c6cccc(NS(C)(=O)=O)c56)ccc4Cl)cc3)c2=O)c([N+](=O)[O-])c1. The number of aromatic hydroxyl groups is 1. The molecule has 1 aliphatic rings. The lowest BCUT2D eigenvalue weighted by atomic mass is 9.91. The second-order valence-corrected chi connectivity index (χ2v) is 27.4. The molecule has 2 heterocycles. The highest BCUT2D eigenvalue weighted by molar-refractivity contribution is 7.93. The van der Waals surface area contributed by atoms with Gasteiger partial charge in [-0.1, -0.05) is 135 Å². The molecule has 1 aromatic heterocycles. The van der Waals surface area contributed by atoms with Gasteiger partial charge in [-0.25, -0.2) is 25.3 Å². The Hall–Kier alpha value is -6.90. The molecule has 1 fully saturated rings. The maximum Gasteiger partial charge on any atom is 0.297 e. The van der Waals surface area contributed by atoms with Gasteiger partial charge in [0, 0.05) is 53.1 Å². The van der Waals surface area contributed by atoms with E-state index in [9.17, 15) is 50.1 Å². The Morgan fingerprint density at radius 1 is 0.798 bits per heavy atom. The van der Waals surface area contributed by atoms with Crippen LogP contribution in [0.5, 0.6) is 11.5 Å². The molecule has 454 valence electrons. The van der Waals surface area contributed by atoms with Crippen LogP contribution in [0.3, 0.4) is 0 Å². The molecule has 7 rings (SSSR count). The third-order valence-corrected chi connectivity index (χ3v) is 18.3. The molecule has 1 aliphatic heterocycles. The van der Waals surface area contributed by atoms with E-state index in [1.165, 1.54) is 131 Å². The number of nitro groups is 1. The summed E-state index contributed by atoms with van der Waals surface area (Å²) in [5, 5.41) is 34.9. The van der Waals surface area contributed by atoms with Crippen molar-refractivity contribution in [2.75, 3.05) is 48.5 Å². The number of azo groups is 1. The summed E-state index contributed by atoms with van der Waals surface area (Å²) < 4.78 is 104. The summed E-state index contributed by atoms with van der Waals surface area (Å²) in [4.78, 5) is 38.0. The summed E-state index contributed by atoms with van der Waals surface area (Å²) in [6.45, 7) is 7.92. The first-order valence-corrected chi connectivity index (χ1v) is 33.2. The second-order valence-electron chi connectivity index (χ2n) is 21.7. The topological polar surface area (TPSA) is 301 Å². The average molecular weight is 1240 g/mol. The Kier molecular flexibility index (Phi) is 22.2. The number of phenols is 1. The van der Waals surface area contributed by atoms with Crippen molar-refractivity contribution in [1.82, 2.24) is 14.4 Å². The summed E-state index contributed by atoms with van der Waals surface area (Å²) in [5.74, 6) is -0.740. The Labute approximate surface area is 495 Å². The lowest BCUT2D eigenvalue weighted by Crippen LogP contribution is -2.40. The Bertz CT molecular complexity index is 3750. The number of benzene rings is 5. The number of unbranched alkanes of at least 4 members (excludes halogenated alkanes) is 13. The van der Waals surface area contributed by atoms with Crippen molar-refractivity contribution in [2.45, 2.75) is 139 Å². The number of rotatable bonds is 30. The number of amides is 1. The van der Waals surface area contributed by atoms with Crippen molar-refractivity contribution in [3.8, 4) is 17.2 Å². The van der Waals surface area contributed by atoms with Gasteiger partial charge in [0.25, 0.3) is 27.2 Å². The summed E-state index contributed by atoms with van der Waals surface area (Å²) in [7, 11) is -12.7. The molecule has 6 aromatic rings. The fourth-order valence-electron chi connectivity index (χ4n) is 9.66. The van der Waals surface area contributed by atoms with Crippen LogP contribution in [0.25, 0.3) is 16.5 Å². The number of nitro benzene ring substituents is 1. The first-order chi connectivity index (χ1) is 39.9. The van der Waals surface area contributed by atoms with Gasteiger partial charge in [0.2, 0.25) is 20.0 Å². The van der Waals surface area contributed by atoms with Crippen LogP contribution in [-0.2, 0) is 46.8 Å². The number of phenolic OH excluding ortho intramolecular Hbond substituents is 1. The van der Waals surface area contributed by atoms with Gasteiger partial charge < -0.3 is 24.4 Å². The summed E-state index contributed by atoms with van der Waals surface area (Å²) >= 11 is 6.44. The van der Waals surface area contributed by atoms with E-state index >= 15 is 0 Å². The molecule has 0 bridgehead atoms. The predicted octanol–water partition coefficient (Wildman–Crippen LogP) is 12.5. The van der Waals surface area contributed by atoms with Crippen molar-refractivity contribution in [3.63, 3.8) is 0 Å². The molecular weight excluding hydrogens is 1160 g/mol. The molecule has 0 radical (unpaired) electrons. The van der Waals surface area contributed by atoms with Crippen LogP contribution in [0.4, 0.5) is 28.4 Å². The molecule has 22 nitrogen and oxygen atoms in total. The number of fused-ring (bicyclic) bond motifs is 1. The first-order valence-electron chi connectivity index (χ1n) is 28.0. The summed E-state index contributed by atoms with van der Waals surface area (Å²) in [6.07, 6.45) is 17.8. The van der Waals surface area contributed by atoms with Crippen LogP contribution in [0.2, 0.25) is 5.02 Å². The largest absolute Gasteiger partial charge is 0.506 e. The Morgan fingerprint density at radius 2 is 1.43 bits per heavy atom. The second kappa shape index (κ2) is 28.8. The number of morpholine rings is 1. The van der Waals surface area contributed by atoms with Crippen LogP contribution in [0.1, 0.15) is 139 Å². The maximum absolute atomic E-state index is 14.1. The minimum atomic E-state index is -4.46. The van der Waals surface area contributed by atoms with E-state index in [4.69, 9.17) is 25.6 Å². The molecule has 0 saturated carbocycles. The van der Waals surface area contributed by atoms with Crippen LogP contribution in [0.15, 0.2) is 114 Å². The van der Waals surface area contributed by atoms with Crippen molar-refractivity contribution < 1.29 is 54.1 Å². The number of carbonyl (C=O) groups excluding carboxylic acids is 1. The molecule has 4 N–H and O–H groups in total. The number of hydrogen-bond donors (Lipinski definition) is 4. The smallest absolute Gasteiger partial charge is 0.297 e. The molecule has 0 unspecified atom stereocenters. The zero-order valence-corrected chi connectivity index (χ0v) is 51.0. The standard InChI is InChI=1S/C58H73ClN8O14S3/c1-6-7-8-9-10-11-12-13-14-15-16-17-18-19-31-60-56(69)40-23-30-49(50(36-40)67(71)72)66-57(70)45(55(81-66)58(2,3)4)39-80-43-27-24-41(25-28-43)63-83(75,76)51-37-42(26-29-46(51)59)61-62-48-38-52(84(77,78)65-32-34-79-35-33-65)54(68)44-21-20-22-47(53(44)48)64-82(5,73)74/h20-30,36-38,63-64,68H,6-19,31-35,39H2,1-5H3,(H,60,69). The third-order valence-electron chi connectivity index (χ3n) is 14.0. The number of aromatic nitrogens is 1. The van der Waals surface area contributed by atoms with Crippen LogP contribution in [-0.4, -0.2) is 89.3 Å². The molecule has 5 aromatic carbocycles. The first kappa shape index (κ1) is 64.7. The van der Waals surface area contributed by atoms with Crippen LogP contribution >= 0.6 is 11.6 Å². The van der Waals surface area contributed by atoms with Gasteiger partial charge in [-0.2, -0.15) is 9.42 Å². The van der Waals surface area contributed by atoms with Gasteiger partial charge in [0.05, 0.1) is 52.0 Å². The van der Waals surface area contributed by atoms with E-state index < -0.39 is 73.1 Å². The number of carbonyl (C=O) groups is 1. The van der Waals surface area contributed by atoms with Crippen molar-refractivity contribution >= 4 is 86.8 Å². The molecule has 26 heteroatoms. The maximum atomic E-state index is 14.1. The molecule has 1 amide bonds. The molecule has 0 aliphatic carbocycles. The number of ether oxygens (including phenoxy) is 2. The van der Waals surface area contributed by atoms with Crippen LogP contribution in [0, 0.1) is 10.1 Å². The highest BCUT2D eigenvalue weighted by Crippen LogP contribution is 2.44. The van der Waals surface area contributed by atoms with Crippen molar-refractivity contribution in [3.05, 3.63) is 127 Å². The van der Waals surface area contributed by atoms with Crippen molar-refractivity contribution in [2.24, 2.45) is 10.2 Å². The van der Waals surface area contributed by atoms with Gasteiger partial charge in [-0.3, -0.25) is 29.1 Å². The van der Waals surface area contributed by atoms with E-state index in [1.807, 2.05) is 0 Å². The lowest BCUT2D eigenvalue weighted by Gasteiger charge is -2.26. The van der Waals surface area contributed by atoms with Gasteiger partial charge in [-0.05, 0) is 73.2 Å². The number of sulfonamides is 3. The normalized spacial score (nSPS) is 13.6. The van der Waals surface area contributed by atoms with E-state index in [2.05, 4.69) is 31.9 Å². The van der Waals surface area contributed by atoms with E-state index in [0.29, 0.717) is 6.54 Å². The minimum absolute atomic E-state index is 0.00210. The molecule has 84 heavy (non-hydrogen) atoms. The van der Waals surface area contributed by atoms with Gasteiger partial charge in [0.15, 0.2) is 11.4 Å². The zero-order valence-electron chi connectivity index (χ0n) is 47.8. The van der Waals surface area contributed by atoms with Crippen LogP contribution < -0.4 is 25.1 Å².